The van der Waals surface area contributed by atoms with Crippen LogP contribution in [-0.2, 0) is 0 Å². The fourth-order valence-electron chi connectivity index (χ4n) is 0. The highest BCUT2D eigenvalue weighted by atomic mass is 14.5. The highest BCUT2D eigenvalue weighted by Crippen LogP contribution is 1.81. The second-order valence-corrected chi connectivity index (χ2v) is 1.63. The maximum absolute atomic E-state index is 5.17. The van der Waals surface area contributed by atoms with Gasteiger partial charge in [0.25, 0.3) is 0 Å². The Kier molecular flexibility index (Phi) is 21.1. The molecule has 0 bridgehead atoms. The topological polar surface area (TPSA) is 26.0 Å². The number of rotatable bonds is 1. The van der Waals surface area contributed by atoms with Crippen LogP contribution in [0.4, 0.5) is 0 Å². The predicted octanol–water partition coefficient (Wildman–Crippen LogP) is 1.87. The highest BCUT2D eigenvalue weighted by Gasteiger charge is 1.80. The molecular formula is C6H19N. The van der Waals surface area contributed by atoms with Crippen molar-refractivity contribution >= 4 is 0 Å². The highest BCUT2D eigenvalue weighted by molar-refractivity contribution is 4.38. The van der Waals surface area contributed by atoms with E-state index in [1.807, 2.05) is 0 Å². The molecule has 2 N–H and O–H groups in total. The van der Waals surface area contributed by atoms with Gasteiger partial charge in [-0.2, -0.15) is 0 Å². The molecular weight excluding hydrogens is 86.1 g/mol. The zero-order valence-electron chi connectivity index (χ0n) is 3.86. The Morgan fingerprint density at radius 1 is 1.29 bits per heavy atom. The van der Waals surface area contributed by atoms with E-state index in [0.717, 1.165) is 6.54 Å². The monoisotopic (exact) mass is 105 g/mol. The van der Waals surface area contributed by atoms with Crippen molar-refractivity contribution in [3.63, 3.8) is 0 Å². The minimum absolute atomic E-state index is 0. The fourth-order valence-corrected chi connectivity index (χ4v) is 0. The first kappa shape index (κ1) is 15.8. The minimum atomic E-state index is 0. The van der Waals surface area contributed by atoms with Gasteiger partial charge in [0.1, 0.15) is 0 Å². The van der Waals surface area contributed by atoms with Gasteiger partial charge in [0.2, 0.25) is 0 Å². The molecule has 0 spiro atoms. The normalized spacial score (nSPS) is 6.86. The van der Waals surface area contributed by atoms with Crippen molar-refractivity contribution in [2.24, 2.45) is 11.7 Å². The van der Waals surface area contributed by atoms with Gasteiger partial charge in [-0.05, 0) is 12.5 Å². The maximum atomic E-state index is 5.17. The summed E-state index contributed by atoms with van der Waals surface area (Å²) >= 11 is 0. The summed E-state index contributed by atoms with van der Waals surface area (Å²) in [6.45, 7) is 5.00. The van der Waals surface area contributed by atoms with Crippen molar-refractivity contribution in [2.75, 3.05) is 6.54 Å². The molecule has 0 amide bonds. The zero-order valence-corrected chi connectivity index (χ0v) is 3.86. The fraction of sp³-hybridized carbons (Fsp3) is 1.00. The van der Waals surface area contributed by atoms with Crippen molar-refractivity contribution in [3.8, 4) is 0 Å². The lowest BCUT2D eigenvalue weighted by molar-refractivity contribution is 0.664. The molecule has 0 saturated carbocycles. The molecule has 1 nitrogen and oxygen atoms in total. The smallest absolute Gasteiger partial charge is 0.00541 e. The van der Waals surface area contributed by atoms with Crippen molar-refractivity contribution in [3.05, 3.63) is 0 Å². The maximum Gasteiger partial charge on any atom is -0.00541 e. The van der Waals surface area contributed by atoms with E-state index in [2.05, 4.69) is 13.8 Å². The van der Waals surface area contributed by atoms with Crippen LogP contribution in [-0.4, -0.2) is 6.54 Å². The van der Waals surface area contributed by atoms with Crippen LogP contribution < -0.4 is 5.73 Å². The van der Waals surface area contributed by atoms with Crippen LogP contribution in [0.1, 0.15) is 28.7 Å². The second-order valence-electron chi connectivity index (χ2n) is 1.63. The first-order valence-electron chi connectivity index (χ1n) is 1.97. The van der Waals surface area contributed by atoms with E-state index in [4.69, 9.17) is 5.73 Å². The van der Waals surface area contributed by atoms with Gasteiger partial charge >= 0.3 is 0 Å². The first-order chi connectivity index (χ1) is 2.27. The molecule has 0 aromatic rings. The Morgan fingerprint density at radius 2 is 1.43 bits per heavy atom. The Balaban J connectivity index is -0.0000000800. The number of nitrogens with two attached hydrogens (primary N) is 1. The summed E-state index contributed by atoms with van der Waals surface area (Å²) in [5.74, 6) is 0.662. The molecule has 0 aliphatic heterocycles. The van der Waals surface area contributed by atoms with E-state index in [1.54, 1.807) is 0 Å². The Hall–Kier alpha value is -0.0400. The van der Waals surface area contributed by atoms with E-state index in [-0.39, 0.29) is 14.9 Å². The molecule has 0 rings (SSSR count). The Bertz CT molecular complexity index is 18.1. The van der Waals surface area contributed by atoms with Crippen molar-refractivity contribution in [2.45, 2.75) is 28.7 Å². The summed E-state index contributed by atoms with van der Waals surface area (Å²) in [6.07, 6.45) is 0. The summed E-state index contributed by atoms with van der Waals surface area (Å²) in [7, 11) is 0. The third-order valence-electron chi connectivity index (χ3n) is 0.471. The zero-order chi connectivity index (χ0) is 4.28. The standard InChI is InChI=1S/C4H11N.2CH4/c1-4(2)3-5;;/h4H,3,5H2,1-2H3;2*1H4. The molecule has 0 heterocycles. The summed E-state index contributed by atoms with van der Waals surface area (Å²) in [4.78, 5) is 0. The lowest BCUT2D eigenvalue weighted by atomic mass is 10.2. The average molecular weight is 105 g/mol. The van der Waals surface area contributed by atoms with Crippen LogP contribution in [0.25, 0.3) is 0 Å². The molecule has 7 heavy (non-hydrogen) atoms. The van der Waals surface area contributed by atoms with Gasteiger partial charge in [-0.25, -0.2) is 0 Å². The van der Waals surface area contributed by atoms with E-state index in [9.17, 15) is 0 Å². The van der Waals surface area contributed by atoms with Gasteiger partial charge in [0.15, 0.2) is 0 Å². The van der Waals surface area contributed by atoms with Crippen LogP contribution in [0.5, 0.6) is 0 Å². The summed E-state index contributed by atoms with van der Waals surface area (Å²) in [6, 6.07) is 0. The summed E-state index contributed by atoms with van der Waals surface area (Å²) in [5.41, 5.74) is 5.17. The van der Waals surface area contributed by atoms with Gasteiger partial charge in [-0.1, -0.05) is 28.7 Å². The van der Waals surface area contributed by atoms with Crippen molar-refractivity contribution in [1.82, 2.24) is 0 Å². The molecule has 0 saturated heterocycles. The Morgan fingerprint density at radius 3 is 1.43 bits per heavy atom. The van der Waals surface area contributed by atoms with E-state index >= 15 is 0 Å². The molecule has 0 aromatic carbocycles. The SMILES string of the molecule is C.C.CC(C)CN. The number of hydrogen-bond acceptors (Lipinski definition) is 1. The van der Waals surface area contributed by atoms with Crippen LogP contribution in [0.15, 0.2) is 0 Å². The van der Waals surface area contributed by atoms with E-state index in [1.165, 1.54) is 0 Å². The number of hydrogen-bond donors (Lipinski definition) is 1. The van der Waals surface area contributed by atoms with E-state index in [0.29, 0.717) is 5.92 Å². The molecule has 0 aromatic heterocycles. The first-order valence-corrected chi connectivity index (χ1v) is 1.97. The Labute approximate surface area is 47.9 Å². The molecule has 48 valence electrons. The van der Waals surface area contributed by atoms with Gasteiger partial charge in [-0.15, -0.1) is 0 Å². The lowest BCUT2D eigenvalue weighted by Crippen LogP contribution is -2.05. The molecule has 0 aliphatic carbocycles. The molecule has 1 heteroatoms. The third kappa shape index (κ3) is 24.3. The predicted molar refractivity (Wildman–Crippen MR) is 37.4 cm³/mol. The summed E-state index contributed by atoms with van der Waals surface area (Å²) in [5, 5.41) is 0. The third-order valence-corrected chi connectivity index (χ3v) is 0.471. The van der Waals surface area contributed by atoms with Gasteiger partial charge < -0.3 is 5.73 Å². The molecule has 0 aliphatic rings. The second kappa shape index (κ2) is 9.35. The van der Waals surface area contributed by atoms with Gasteiger partial charge in [0.05, 0.1) is 0 Å². The quantitative estimate of drug-likeness (QED) is 0.541. The largest absolute Gasteiger partial charge is 0.330 e. The molecule has 0 unspecified atom stereocenters. The van der Waals surface area contributed by atoms with E-state index < -0.39 is 0 Å². The van der Waals surface area contributed by atoms with Gasteiger partial charge in [-0.3, -0.25) is 0 Å². The van der Waals surface area contributed by atoms with Crippen molar-refractivity contribution in [1.29, 1.82) is 0 Å². The van der Waals surface area contributed by atoms with Gasteiger partial charge in [0, 0.05) is 0 Å². The molecule has 0 radical (unpaired) electrons. The minimum Gasteiger partial charge on any atom is -0.330 e. The van der Waals surface area contributed by atoms with Crippen LogP contribution in [0, 0.1) is 5.92 Å². The molecule has 0 atom stereocenters. The molecule has 0 fully saturated rings. The van der Waals surface area contributed by atoms with Crippen LogP contribution >= 0.6 is 0 Å². The lowest BCUT2D eigenvalue weighted by Gasteiger charge is -1.91. The van der Waals surface area contributed by atoms with Crippen LogP contribution in [0.2, 0.25) is 0 Å². The van der Waals surface area contributed by atoms with Crippen molar-refractivity contribution < 1.29 is 0 Å². The van der Waals surface area contributed by atoms with Crippen LogP contribution in [0.3, 0.4) is 0 Å². The average Bonchev–Trinajstić information content (AvgIpc) is 1.38. The summed E-state index contributed by atoms with van der Waals surface area (Å²) < 4.78 is 0.